The molecule has 1 aromatic rings. The third-order valence-corrected chi connectivity index (χ3v) is 3.70. The SMILES string of the molecule is O=C(NCC1(O)CCCCC1)c1cc(OCC(F)F)ccn1. The number of nitrogens with zero attached hydrogens (tertiary/aromatic N) is 1. The highest BCUT2D eigenvalue weighted by Crippen LogP contribution is 2.27. The molecule has 0 spiro atoms. The first-order chi connectivity index (χ1) is 10.5. The van der Waals surface area contributed by atoms with Gasteiger partial charge in [-0.05, 0) is 18.9 Å². The van der Waals surface area contributed by atoms with Crippen LogP contribution in [0, 0.1) is 0 Å². The number of ether oxygens (including phenoxy) is 1. The molecule has 1 aliphatic rings. The summed E-state index contributed by atoms with van der Waals surface area (Å²) in [5, 5.41) is 13.0. The largest absolute Gasteiger partial charge is 0.488 e. The smallest absolute Gasteiger partial charge is 0.272 e. The van der Waals surface area contributed by atoms with E-state index in [4.69, 9.17) is 4.74 Å². The average Bonchev–Trinajstić information content (AvgIpc) is 2.52. The van der Waals surface area contributed by atoms with Gasteiger partial charge in [-0.25, -0.2) is 8.78 Å². The van der Waals surface area contributed by atoms with E-state index in [1.807, 2.05) is 0 Å². The van der Waals surface area contributed by atoms with Crippen molar-refractivity contribution >= 4 is 5.91 Å². The molecule has 2 N–H and O–H groups in total. The van der Waals surface area contributed by atoms with Crippen molar-refractivity contribution in [2.24, 2.45) is 0 Å². The van der Waals surface area contributed by atoms with Crippen LogP contribution in [0.4, 0.5) is 8.78 Å². The van der Waals surface area contributed by atoms with Gasteiger partial charge < -0.3 is 15.2 Å². The van der Waals surface area contributed by atoms with E-state index >= 15 is 0 Å². The first kappa shape index (κ1) is 16.6. The lowest BCUT2D eigenvalue weighted by molar-refractivity contribution is 0.00520. The zero-order valence-corrected chi connectivity index (χ0v) is 12.2. The third kappa shape index (κ3) is 4.91. The van der Waals surface area contributed by atoms with E-state index in [0.717, 1.165) is 19.3 Å². The van der Waals surface area contributed by atoms with Crippen molar-refractivity contribution in [3.63, 3.8) is 0 Å². The van der Waals surface area contributed by atoms with E-state index in [1.165, 1.54) is 18.3 Å². The molecule has 0 aromatic carbocycles. The van der Waals surface area contributed by atoms with Gasteiger partial charge in [0.05, 0.1) is 5.60 Å². The van der Waals surface area contributed by atoms with Crippen molar-refractivity contribution < 1.29 is 23.4 Å². The Labute approximate surface area is 127 Å². The zero-order valence-electron chi connectivity index (χ0n) is 12.2. The first-order valence-corrected chi connectivity index (χ1v) is 7.36. The summed E-state index contributed by atoms with van der Waals surface area (Å²) in [6, 6.07) is 2.72. The lowest BCUT2D eigenvalue weighted by Crippen LogP contribution is -2.44. The maximum absolute atomic E-state index is 12.1. The van der Waals surface area contributed by atoms with Crippen LogP contribution in [-0.4, -0.2) is 41.2 Å². The molecule has 1 aliphatic carbocycles. The summed E-state index contributed by atoms with van der Waals surface area (Å²) < 4.78 is 29.1. The quantitative estimate of drug-likeness (QED) is 0.844. The van der Waals surface area contributed by atoms with Crippen LogP contribution in [0.1, 0.15) is 42.6 Å². The topological polar surface area (TPSA) is 71.5 Å². The number of nitrogens with one attached hydrogen (secondary N) is 1. The molecule has 1 aromatic heterocycles. The molecule has 1 heterocycles. The Morgan fingerprint density at radius 1 is 1.41 bits per heavy atom. The molecule has 1 fully saturated rings. The van der Waals surface area contributed by atoms with Gasteiger partial charge in [-0.3, -0.25) is 9.78 Å². The van der Waals surface area contributed by atoms with Crippen LogP contribution in [0.2, 0.25) is 0 Å². The minimum Gasteiger partial charge on any atom is -0.488 e. The molecule has 2 rings (SSSR count). The van der Waals surface area contributed by atoms with E-state index in [1.54, 1.807) is 0 Å². The Hall–Kier alpha value is -1.76. The number of hydrogen-bond acceptors (Lipinski definition) is 4. The van der Waals surface area contributed by atoms with Crippen LogP contribution in [0.15, 0.2) is 18.3 Å². The number of pyridine rings is 1. The van der Waals surface area contributed by atoms with Crippen molar-refractivity contribution in [2.75, 3.05) is 13.2 Å². The molecule has 22 heavy (non-hydrogen) atoms. The van der Waals surface area contributed by atoms with Crippen molar-refractivity contribution in [1.82, 2.24) is 10.3 Å². The standard InChI is InChI=1S/C15H20F2N2O3/c16-13(17)9-22-11-4-7-18-12(8-11)14(20)19-10-15(21)5-2-1-3-6-15/h4,7-8,13,21H,1-3,5-6,9-10H2,(H,19,20). The number of carbonyl (C=O) groups is 1. The summed E-state index contributed by atoms with van der Waals surface area (Å²) in [5.41, 5.74) is -0.788. The minimum absolute atomic E-state index is 0.0752. The number of hydrogen-bond donors (Lipinski definition) is 2. The number of aliphatic hydroxyl groups is 1. The second kappa shape index (κ2) is 7.49. The molecular weight excluding hydrogens is 294 g/mol. The van der Waals surface area contributed by atoms with E-state index in [0.29, 0.717) is 12.8 Å². The number of aromatic nitrogens is 1. The fourth-order valence-corrected chi connectivity index (χ4v) is 2.51. The zero-order chi connectivity index (χ0) is 16.0. The molecular formula is C15H20F2N2O3. The summed E-state index contributed by atoms with van der Waals surface area (Å²) in [6.07, 6.45) is 3.07. The van der Waals surface area contributed by atoms with Crippen LogP contribution in [-0.2, 0) is 0 Å². The Bertz CT molecular complexity index is 505. The van der Waals surface area contributed by atoms with Gasteiger partial charge in [0.25, 0.3) is 12.3 Å². The van der Waals surface area contributed by atoms with Crippen LogP contribution in [0.25, 0.3) is 0 Å². The maximum Gasteiger partial charge on any atom is 0.272 e. The van der Waals surface area contributed by atoms with Crippen molar-refractivity contribution in [3.05, 3.63) is 24.0 Å². The molecule has 7 heteroatoms. The van der Waals surface area contributed by atoms with Gasteiger partial charge in [0.15, 0.2) is 0 Å². The summed E-state index contributed by atoms with van der Waals surface area (Å²) in [5.74, 6) is -0.293. The fraction of sp³-hybridized carbons (Fsp3) is 0.600. The van der Waals surface area contributed by atoms with Crippen molar-refractivity contribution in [1.29, 1.82) is 0 Å². The van der Waals surface area contributed by atoms with Gasteiger partial charge >= 0.3 is 0 Å². The average molecular weight is 314 g/mol. The normalized spacial score (nSPS) is 17.3. The maximum atomic E-state index is 12.1. The van der Waals surface area contributed by atoms with E-state index < -0.39 is 24.5 Å². The molecule has 0 atom stereocenters. The van der Waals surface area contributed by atoms with E-state index in [-0.39, 0.29) is 18.0 Å². The van der Waals surface area contributed by atoms with Gasteiger partial charge in [0.1, 0.15) is 18.1 Å². The molecule has 0 saturated heterocycles. The van der Waals surface area contributed by atoms with Crippen molar-refractivity contribution in [3.8, 4) is 5.75 Å². The summed E-state index contributed by atoms with van der Waals surface area (Å²) in [4.78, 5) is 15.9. The number of halogens is 2. The number of rotatable bonds is 6. The summed E-state index contributed by atoms with van der Waals surface area (Å²) in [7, 11) is 0. The predicted octanol–water partition coefficient (Wildman–Crippen LogP) is 2.15. The second-order valence-electron chi connectivity index (χ2n) is 5.55. The highest BCUT2D eigenvalue weighted by atomic mass is 19.3. The highest BCUT2D eigenvalue weighted by Gasteiger charge is 2.29. The Balaban J connectivity index is 1.90. The van der Waals surface area contributed by atoms with Crippen LogP contribution in [0.3, 0.4) is 0 Å². The lowest BCUT2D eigenvalue weighted by atomic mass is 9.85. The Kier molecular flexibility index (Phi) is 5.65. The van der Waals surface area contributed by atoms with Gasteiger partial charge in [0, 0.05) is 18.8 Å². The van der Waals surface area contributed by atoms with Crippen LogP contribution < -0.4 is 10.1 Å². The monoisotopic (exact) mass is 314 g/mol. The molecule has 1 saturated carbocycles. The molecule has 0 unspecified atom stereocenters. The van der Waals surface area contributed by atoms with Crippen LogP contribution in [0.5, 0.6) is 5.75 Å². The van der Waals surface area contributed by atoms with Crippen LogP contribution >= 0.6 is 0 Å². The molecule has 0 radical (unpaired) electrons. The molecule has 5 nitrogen and oxygen atoms in total. The van der Waals surface area contributed by atoms with E-state index in [9.17, 15) is 18.7 Å². The van der Waals surface area contributed by atoms with E-state index in [2.05, 4.69) is 10.3 Å². The van der Waals surface area contributed by atoms with Gasteiger partial charge in [0.2, 0.25) is 0 Å². The predicted molar refractivity (Wildman–Crippen MR) is 76.1 cm³/mol. The van der Waals surface area contributed by atoms with Crippen molar-refractivity contribution in [2.45, 2.75) is 44.1 Å². The first-order valence-electron chi connectivity index (χ1n) is 7.36. The molecule has 0 bridgehead atoms. The highest BCUT2D eigenvalue weighted by molar-refractivity contribution is 5.92. The molecule has 0 aliphatic heterocycles. The third-order valence-electron chi connectivity index (χ3n) is 3.70. The van der Waals surface area contributed by atoms with Gasteiger partial charge in [-0.1, -0.05) is 19.3 Å². The molecule has 122 valence electrons. The Morgan fingerprint density at radius 2 is 2.14 bits per heavy atom. The molecule has 1 amide bonds. The van der Waals surface area contributed by atoms with Gasteiger partial charge in [-0.15, -0.1) is 0 Å². The summed E-state index contributed by atoms with van der Waals surface area (Å²) in [6.45, 7) is -0.569. The minimum atomic E-state index is -2.58. The number of amides is 1. The lowest BCUT2D eigenvalue weighted by Gasteiger charge is -2.32. The van der Waals surface area contributed by atoms with Gasteiger partial charge in [-0.2, -0.15) is 0 Å². The Morgan fingerprint density at radius 3 is 2.82 bits per heavy atom. The summed E-state index contributed by atoms with van der Waals surface area (Å²) >= 11 is 0. The number of carbonyl (C=O) groups excluding carboxylic acids is 1. The second-order valence-corrected chi connectivity index (χ2v) is 5.55. The number of alkyl halides is 2. The fourth-order valence-electron chi connectivity index (χ4n) is 2.51.